The summed E-state index contributed by atoms with van der Waals surface area (Å²) in [5.41, 5.74) is 1.61. The number of para-hydroxylation sites is 1. The second-order valence-corrected chi connectivity index (χ2v) is 11.3. The molecule has 1 heterocycles. The van der Waals surface area contributed by atoms with Crippen LogP contribution in [0.4, 0.5) is 5.69 Å². The molecule has 0 aromatic heterocycles. The van der Waals surface area contributed by atoms with Crippen LogP contribution in [0.15, 0.2) is 53.0 Å². The first-order valence-corrected chi connectivity index (χ1v) is 13.5. The fraction of sp³-hybridized carbons (Fsp3) is 0.417. The van der Waals surface area contributed by atoms with E-state index in [1.54, 1.807) is 36.4 Å². The lowest BCUT2D eigenvalue weighted by atomic mass is 9.97. The van der Waals surface area contributed by atoms with Crippen molar-refractivity contribution < 1.29 is 18.0 Å². The van der Waals surface area contributed by atoms with E-state index in [1.165, 1.54) is 4.31 Å². The SMILES string of the molecule is CC[C@@H](C)NC(=O)c1ccccc1NC(=O)C1CCN(S(=O)(=O)Cc2ccc(Br)cc2)CC1. The van der Waals surface area contributed by atoms with Gasteiger partial charge in [-0.05, 0) is 56.0 Å². The maximum absolute atomic E-state index is 12.9. The molecule has 0 radical (unpaired) electrons. The number of carbonyl (C=O) groups excluding carboxylic acids is 2. The van der Waals surface area contributed by atoms with Gasteiger partial charge in [-0.3, -0.25) is 9.59 Å². The predicted molar refractivity (Wildman–Crippen MR) is 133 cm³/mol. The van der Waals surface area contributed by atoms with Gasteiger partial charge in [0, 0.05) is 29.5 Å². The molecule has 0 saturated carbocycles. The average molecular weight is 536 g/mol. The highest BCUT2D eigenvalue weighted by Gasteiger charge is 2.31. The van der Waals surface area contributed by atoms with Gasteiger partial charge >= 0.3 is 0 Å². The van der Waals surface area contributed by atoms with Gasteiger partial charge in [-0.2, -0.15) is 0 Å². The van der Waals surface area contributed by atoms with Crippen LogP contribution in [-0.4, -0.2) is 43.7 Å². The summed E-state index contributed by atoms with van der Waals surface area (Å²) in [5, 5.41) is 5.80. The van der Waals surface area contributed by atoms with Crippen LogP contribution >= 0.6 is 15.9 Å². The van der Waals surface area contributed by atoms with E-state index in [0.29, 0.717) is 37.2 Å². The Hall–Kier alpha value is -2.23. The molecule has 2 aromatic rings. The molecule has 3 rings (SSSR count). The summed E-state index contributed by atoms with van der Waals surface area (Å²) in [6.07, 6.45) is 1.68. The third-order valence-electron chi connectivity index (χ3n) is 5.90. The Morgan fingerprint density at radius 2 is 1.73 bits per heavy atom. The number of nitrogens with zero attached hydrogens (tertiary/aromatic N) is 1. The Balaban J connectivity index is 1.59. The van der Waals surface area contributed by atoms with E-state index < -0.39 is 10.0 Å². The highest BCUT2D eigenvalue weighted by atomic mass is 79.9. The van der Waals surface area contributed by atoms with Gasteiger partial charge in [-0.1, -0.05) is 47.1 Å². The van der Waals surface area contributed by atoms with Gasteiger partial charge in [-0.15, -0.1) is 0 Å². The van der Waals surface area contributed by atoms with Crippen LogP contribution in [0.5, 0.6) is 0 Å². The number of hydrogen-bond acceptors (Lipinski definition) is 4. The van der Waals surface area contributed by atoms with Crippen molar-refractivity contribution in [2.45, 2.75) is 44.9 Å². The van der Waals surface area contributed by atoms with E-state index in [9.17, 15) is 18.0 Å². The number of amides is 2. The molecule has 0 spiro atoms. The van der Waals surface area contributed by atoms with Crippen molar-refractivity contribution in [1.29, 1.82) is 0 Å². The Morgan fingerprint density at radius 3 is 2.36 bits per heavy atom. The molecule has 2 N–H and O–H groups in total. The van der Waals surface area contributed by atoms with E-state index in [-0.39, 0.29) is 29.5 Å². The Labute approximate surface area is 204 Å². The molecule has 1 aliphatic heterocycles. The highest BCUT2D eigenvalue weighted by Crippen LogP contribution is 2.24. The second kappa shape index (κ2) is 11.3. The summed E-state index contributed by atoms with van der Waals surface area (Å²) in [6, 6.07) is 14.2. The number of piperidine rings is 1. The number of hydrogen-bond donors (Lipinski definition) is 2. The minimum Gasteiger partial charge on any atom is -0.350 e. The maximum Gasteiger partial charge on any atom is 0.253 e. The molecule has 7 nitrogen and oxygen atoms in total. The molecular weight excluding hydrogens is 506 g/mol. The molecule has 33 heavy (non-hydrogen) atoms. The molecule has 178 valence electrons. The second-order valence-electron chi connectivity index (χ2n) is 8.37. The normalized spacial score (nSPS) is 16.2. The zero-order valence-electron chi connectivity index (χ0n) is 18.9. The molecule has 1 saturated heterocycles. The van der Waals surface area contributed by atoms with Crippen LogP contribution in [0, 0.1) is 5.92 Å². The van der Waals surface area contributed by atoms with E-state index in [0.717, 1.165) is 16.5 Å². The molecule has 0 unspecified atom stereocenters. The molecule has 0 aliphatic carbocycles. The lowest BCUT2D eigenvalue weighted by molar-refractivity contribution is -0.120. The van der Waals surface area contributed by atoms with Gasteiger partial charge in [-0.25, -0.2) is 12.7 Å². The largest absolute Gasteiger partial charge is 0.350 e. The summed E-state index contributed by atoms with van der Waals surface area (Å²) >= 11 is 3.35. The van der Waals surface area contributed by atoms with Crippen molar-refractivity contribution in [2.75, 3.05) is 18.4 Å². The molecule has 0 bridgehead atoms. The van der Waals surface area contributed by atoms with Crippen molar-refractivity contribution in [1.82, 2.24) is 9.62 Å². The van der Waals surface area contributed by atoms with Crippen LogP contribution < -0.4 is 10.6 Å². The number of halogens is 1. The Morgan fingerprint density at radius 1 is 1.09 bits per heavy atom. The molecule has 1 atom stereocenters. The average Bonchev–Trinajstić information content (AvgIpc) is 2.80. The van der Waals surface area contributed by atoms with E-state index in [1.807, 2.05) is 26.0 Å². The maximum atomic E-state index is 12.9. The first-order valence-electron chi connectivity index (χ1n) is 11.1. The van der Waals surface area contributed by atoms with Gasteiger partial charge in [0.15, 0.2) is 0 Å². The Bertz CT molecular complexity index is 1080. The zero-order valence-corrected chi connectivity index (χ0v) is 21.3. The van der Waals surface area contributed by atoms with Gasteiger partial charge in [0.2, 0.25) is 15.9 Å². The topological polar surface area (TPSA) is 95.6 Å². The minimum atomic E-state index is -3.46. The predicted octanol–water partition coefficient (Wildman–Crippen LogP) is 4.16. The van der Waals surface area contributed by atoms with Crippen LogP contribution in [0.25, 0.3) is 0 Å². The third kappa shape index (κ3) is 6.88. The lowest BCUT2D eigenvalue weighted by Gasteiger charge is -2.30. The third-order valence-corrected chi connectivity index (χ3v) is 8.28. The fourth-order valence-electron chi connectivity index (χ4n) is 3.71. The number of benzene rings is 2. The fourth-order valence-corrected chi connectivity index (χ4v) is 5.53. The number of carbonyl (C=O) groups is 2. The van der Waals surface area contributed by atoms with Crippen LogP contribution in [-0.2, 0) is 20.6 Å². The number of nitrogens with one attached hydrogen (secondary N) is 2. The van der Waals surface area contributed by atoms with Gasteiger partial charge in [0.05, 0.1) is 17.0 Å². The molecular formula is C24H30BrN3O4S. The van der Waals surface area contributed by atoms with Gasteiger partial charge in [0.1, 0.15) is 0 Å². The molecule has 1 aliphatic rings. The highest BCUT2D eigenvalue weighted by molar-refractivity contribution is 9.10. The van der Waals surface area contributed by atoms with Crippen LogP contribution in [0.1, 0.15) is 49.0 Å². The first-order chi connectivity index (χ1) is 15.7. The van der Waals surface area contributed by atoms with Crippen LogP contribution in [0.3, 0.4) is 0 Å². The molecule has 9 heteroatoms. The molecule has 2 aromatic carbocycles. The number of anilines is 1. The van der Waals surface area contributed by atoms with Crippen molar-refractivity contribution in [3.8, 4) is 0 Å². The first kappa shape index (κ1) is 25.4. The summed E-state index contributed by atoms with van der Waals surface area (Å²) in [7, 11) is -3.46. The minimum absolute atomic E-state index is 0.0324. The van der Waals surface area contributed by atoms with Crippen molar-refractivity contribution in [2.24, 2.45) is 5.92 Å². The zero-order chi connectivity index (χ0) is 24.0. The Kier molecular flexibility index (Phi) is 8.67. The molecule has 1 fully saturated rings. The summed E-state index contributed by atoms with van der Waals surface area (Å²) in [5.74, 6) is -0.789. The standard InChI is InChI=1S/C24H30BrN3O4S/c1-3-17(2)26-24(30)21-6-4-5-7-22(21)27-23(29)19-12-14-28(15-13-19)33(31,32)16-18-8-10-20(25)11-9-18/h4-11,17,19H,3,12-16H2,1-2H3,(H,26,30)(H,27,29)/t17-/m1/s1. The smallest absolute Gasteiger partial charge is 0.253 e. The monoisotopic (exact) mass is 535 g/mol. The number of rotatable bonds is 8. The van der Waals surface area contributed by atoms with E-state index in [4.69, 9.17) is 0 Å². The number of sulfonamides is 1. The van der Waals surface area contributed by atoms with E-state index in [2.05, 4.69) is 26.6 Å². The molecule has 2 amide bonds. The van der Waals surface area contributed by atoms with E-state index >= 15 is 0 Å². The van der Waals surface area contributed by atoms with Gasteiger partial charge in [0.25, 0.3) is 5.91 Å². The quantitative estimate of drug-likeness (QED) is 0.530. The van der Waals surface area contributed by atoms with Crippen LogP contribution in [0.2, 0.25) is 0 Å². The van der Waals surface area contributed by atoms with Crippen molar-refractivity contribution >= 4 is 43.5 Å². The van der Waals surface area contributed by atoms with Gasteiger partial charge < -0.3 is 10.6 Å². The summed E-state index contributed by atoms with van der Waals surface area (Å²) in [4.78, 5) is 25.5. The van der Waals surface area contributed by atoms with Crippen molar-refractivity contribution in [3.05, 3.63) is 64.1 Å². The summed E-state index contributed by atoms with van der Waals surface area (Å²) < 4.78 is 28.0. The lowest BCUT2D eigenvalue weighted by Crippen LogP contribution is -2.42. The summed E-state index contributed by atoms with van der Waals surface area (Å²) in [6.45, 7) is 4.52. The van der Waals surface area contributed by atoms with Crippen molar-refractivity contribution in [3.63, 3.8) is 0 Å².